The van der Waals surface area contributed by atoms with Gasteiger partial charge in [0.25, 0.3) is 0 Å². The Hall–Kier alpha value is -1.70. The highest BCUT2D eigenvalue weighted by atomic mass is 16.4. The molecule has 1 heterocycles. The van der Waals surface area contributed by atoms with Crippen LogP contribution in [0.25, 0.3) is 0 Å². The molecule has 0 amide bonds. The monoisotopic (exact) mass is 461 g/mol. The lowest BCUT2D eigenvalue weighted by Crippen LogP contribution is -2.51. The zero-order valence-corrected chi connectivity index (χ0v) is 19.0. The minimum Gasteiger partial charge on any atom is -0.480 e. The molecule has 12 heteroatoms. The van der Waals surface area contributed by atoms with Gasteiger partial charge < -0.3 is 25.3 Å². The average Bonchev–Trinajstić information content (AvgIpc) is 2.72. The summed E-state index contributed by atoms with van der Waals surface area (Å²) in [6.45, 7) is 6.47. The van der Waals surface area contributed by atoms with E-state index in [0.29, 0.717) is 52.2 Å². The van der Waals surface area contributed by atoms with Gasteiger partial charge in [-0.15, -0.1) is 0 Å². The molecule has 0 spiro atoms. The van der Waals surface area contributed by atoms with E-state index in [-0.39, 0.29) is 26.2 Å². The number of rotatable bonds is 10. The second-order valence-corrected chi connectivity index (χ2v) is 8.15. The van der Waals surface area contributed by atoms with Gasteiger partial charge in [-0.25, -0.2) is 0 Å². The molecule has 12 nitrogen and oxygen atoms in total. The van der Waals surface area contributed by atoms with Crippen LogP contribution in [0.1, 0.15) is 19.8 Å². The number of nitroso groups, excluding NO2 is 1. The largest absolute Gasteiger partial charge is 0.480 e. The molecule has 2 unspecified atom stereocenters. The lowest BCUT2D eigenvalue weighted by Gasteiger charge is -2.35. The Bertz CT molecular complexity index is 568. The zero-order chi connectivity index (χ0) is 23.9. The van der Waals surface area contributed by atoms with Crippen LogP contribution in [0.3, 0.4) is 0 Å². The lowest BCUT2D eigenvalue weighted by atomic mass is 10.1. The van der Waals surface area contributed by atoms with E-state index in [1.54, 1.807) is 4.90 Å². The standard InChI is InChI=1S/C20H39N5O7/c1-2-22-5-4-8-25(17(16-26)18(27)13-21-32)12-11-24(15-20(30)31)7-3-6-23(10-9-22)14-19(28)29/h17-18,26-27H,2-16H2,1H3,(H,28,29)(H,30,31). The molecule has 1 rings (SSSR count). The Balaban J connectivity index is 2.96. The third-order valence-corrected chi connectivity index (χ3v) is 5.83. The molecule has 0 saturated carbocycles. The minimum atomic E-state index is -1.10. The molecule has 0 aromatic heterocycles. The third kappa shape index (κ3) is 11.2. The summed E-state index contributed by atoms with van der Waals surface area (Å²) in [5, 5.41) is 41.3. The highest BCUT2D eigenvalue weighted by Gasteiger charge is 2.26. The normalized spacial score (nSPS) is 21.5. The molecule has 186 valence electrons. The Labute approximate surface area is 189 Å². The second kappa shape index (κ2) is 16.0. The maximum Gasteiger partial charge on any atom is 0.317 e. The van der Waals surface area contributed by atoms with Gasteiger partial charge in [0.1, 0.15) is 6.54 Å². The van der Waals surface area contributed by atoms with Crippen molar-refractivity contribution in [2.24, 2.45) is 5.18 Å². The van der Waals surface area contributed by atoms with E-state index in [2.05, 4.69) is 10.1 Å². The van der Waals surface area contributed by atoms with Crippen molar-refractivity contribution < 1.29 is 30.0 Å². The lowest BCUT2D eigenvalue weighted by molar-refractivity contribution is -0.139. The molecule has 4 N–H and O–H groups in total. The van der Waals surface area contributed by atoms with Crippen molar-refractivity contribution >= 4 is 11.9 Å². The maximum atomic E-state index is 11.3. The number of carboxylic acid groups (broad SMARTS) is 2. The molecular weight excluding hydrogens is 422 g/mol. The van der Waals surface area contributed by atoms with Crippen molar-refractivity contribution in [3.05, 3.63) is 4.91 Å². The highest BCUT2D eigenvalue weighted by Crippen LogP contribution is 2.09. The molecule has 0 bridgehead atoms. The van der Waals surface area contributed by atoms with Crippen LogP contribution in [0, 0.1) is 4.91 Å². The SMILES string of the molecule is CCN1CCCN(C(CO)C(O)CN=O)CCN(CC(=O)O)CCCN(CC(=O)O)CC1. The summed E-state index contributed by atoms with van der Waals surface area (Å²) in [4.78, 5) is 40.9. The molecule has 0 aromatic carbocycles. The van der Waals surface area contributed by atoms with Gasteiger partial charge in [-0.05, 0) is 32.5 Å². The molecule has 1 saturated heterocycles. The maximum absolute atomic E-state index is 11.3. The first-order valence-corrected chi connectivity index (χ1v) is 11.2. The van der Waals surface area contributed by atoms with Crippen molar-refractivity contribution in [2.45, 2.75) is 31.9 Å². The number of carboxylic acids is 2. The number of carbonyl (C=O) groups is 2. The van der Waals surface area contributed by atoms with Crippen LogP contribution in [0.5, 0.6) is 0 Å². The van der Waals surface area contributed by atoms with Crippen molar-refractivity contribution in [1.29, 1.82) is 0 Å². The fraction of sp³-hybridized carbons (Fsp3) is 0.900. The first kappa shape index (κ1) is 28.3. The molecular formula is C20H39N5O7. The van der Waals surface area contributed by atoms with Crippen LogP contribution >= 0.6 is 0 Å². The number of aliphatic hydroxyl groups is 2. The predicted molar refractivity (Wildman–Crippen MR) is 119 cm³/mol. The molecule has 0 radical (unpaired) electrons. The van der Waals surface area contributed by atoms with E-state index in [0.717, 1.165) is 19.5 Å². The van der Waals surface area contributed by atoms with Crippen LogP contribution < -0.4 is 0 Å². The Kier molecular flexibility index (Phi) is 14.2. The predicted octanol–water partition coefficient (Wildman–Crippen LogP) is -1.33. The molecule has 32 heavy (non-hydrogen) atoms. The minimum absolute atomic E-state index is 0.0505. The van der Waals surface area contributed by atoms with Crippen LogP contribution in [-0.2, 0) is 9.59 Å². The van der Waals surface area contributed by atoms with E-state index in [1.165, 1.54) is 0 Å². The summed E-state index contributed by atoms with van der Waals surface area (Å²) < 4.78 is 0. The van der Waals surface area contributed by atoms with Crippen molar-refractivity contribution in [1.82, 2.24) is 19.6 Å². The fourth-order valence-electron chi connectivity index (χ4n) is 4.04. The number of likely N-dealkylation sites (N-methyl/N-ethyl adjacent to an activating group) is 1. The van der Waals surface area contributed by atoms with Crippen molar-refractivity contribution in [3.8, 4) is 0 Å². The second-order valence-electron chi connectivity index (χ2n) is 8.15. The molecule has 1 aliphatic heterocycles. The first-order valence-electron chi connectivity index (χ1n) is 11.2. The molecule has 0 aromatic rings. The van der Waals surface area contributed by atoms with E-state index >= 15 is 0 Å². The van der Waals surface area contributed by atoms with Gasteiger partial charge in [-0.3, -0.25) is 24.3 Å². The summed E-state index contributed by atoms with van der Waals surface area (Å²) in [5.41, 5.74) is 0. The number of nitrogens with zero attached hydrogens (tertiary/aromatic N) is 5. The van der Waals surface area contributed by atoms with Gasteiger partial charge in [0.05, 0.1) is 31.8 Å². The van der Waals surface area contributed by atoms with Gasteiger partial charge >= 0.3 is 11.9 Å². The molecule has 1 aliphatic rings. The van der Waals surface area contributed by atoms with E-state index in [4.69, 9.17) is 0 Å². The van der Waals surface area contributed by atoms with Gasteiger partial charge in [0.2, 0.25) is 0 Å². The number of hydrogen-bond donors (Lipinski definition) is 4. The smallest absolute Gasteiger partial charge is 0.317 e. The number of hydrogen-bond acceptors (Lipinski definition) is 10. The van der Waals surface area contributed by atoms with Crippen LogP contribution in [0.2, 0.25) is 0 Å². The molecule has 1 fully saturated rings. The summed E-state index contributed by atoms with van der Waals surface area (Å²) in [6, 6.07) is -0.659. The van der Waals surface area contributed by atoms with Gasteiger partial charge in [-0.2, -0.15) is 4.91 Å². The van der Waals surface area contributed by atoms with E-state index < -0.39 is 24.1 Å². The van der Waals surface area contributed by atoms with Gasteiger partial charge in [0.15, 0.2) is 0 Å². The quantitative estimate of drug-likeness (QED) is 0.286. The first-order chi connectivity index (χ1) is 15.3. The average molecular weight is 462 g/mol. The molecule has 2 atom stereocenters. The Morgan fingerprint density at radius 2 is 1.34 bits per heavy atom. The van der Waals surface area contributed by atoms with Gasteiger partial charge in [0, 0.05) is 39.3 Å². The van der Waals surface area contributed by atoms with Crippen molar-refractivity contribution in [3.63, 3.8) is 0 Å². The van der Waals surface area contributed by atoms with E-state index in [9.17, 15) is 34.9 Å². The highest BCUT2D eigenvalue weighted by molar-refractivity contribution is 5.69. The fourth-order valence-corrected chi connectivity index (χ4v) is 4.04. The third-order valence-electron chi connectivity index (χ3n) is 5.83. The van der Waals surface area contributed by atoms with Crippen LogP contribution in [0.15, 0.2) is 5.18 Å². The van der Waals surface area contributed by atoms with Crippen molar-refractivity contribution in [2.75, 3.05) is 85.1 Å². The van der Waals surface area contributed by atoms with E-state index in [1.807, 2.05) is 16.7 Å². The zero-order valence-electron chi connectivity index (χ0n) is 19.0. The number of aliphatic hydroxyl groups excluding tert-OH is 2. The molecule has 0 aliphatic carbocycles. The van der Waals surface area contributed by atoms with Gasteiger partial charge in [-0.1, -0.05) is 12.1 Å². The summed E-state index contributed by atoms with van der Waals surface area (Å²) in [6.07, 6.45) is 0.258. The summed E-state index contributed by atoms with van der Waals surface area (Å²) in [5.74, 6) is -1.84. The summed E-state index contributed by atoms with van der Waals surface area (Å²) in [7, 11) is 0. The topological polar surface area (TPSA) is 157 Å². The van der Waals surface area contributed by atoms with Crippen LogP contribution in [0.4, 0.5) is 0 Å². The Morgan fingerprint density at radius 3 is 1.84 bits per heavy atom. The summed E-state index contributed by atoms with van der Waals surface area (Å²) >= 11 is 0. The Morgan fingerprint density at radius 1 is 0.844 bits per heavy atom. The van der Waals surface area contributed by atoms with Crippen LogP contribution in [-0.4, -0.2) is 149 Å². The number of aliphatic carboxylic acids is 2.